The van der Waals surface area contributed by atoms with Crippen LogP contribution in [0.15, 0.2) is 16.8 Å². The smallest absolute Gasteiger partial charge is 0.00682 e. The first kappa shape index (κ1) is 11.2. The van der Waals surface area contributed by atoms with Crippen molar-refractivity contribution >= 4 is 11.3 Å². The van der Waals surface area contributed by atoms with Gasteiger partial charge in [-0.05, 0) is 67.0 Å². The van der Waals surface area contributed by atoms with E-state index in [0.717, 1.165) is 12.0 Å². The van der Waals surface area contributed by atoms with Gasteiger partial charge in [0.1, 0.15) is 0 Å². The third kappa shape index (κ3) is 4.35. The number of thiophene rings is 1. The lowest BCUT2D eigenvalue weighted by atomic mass is 9.99. The Morgan fingerprint density at radius 2 is 2.33 bits per heavy atom. The van der Waals surface area contributed by atoms with Crippen molar-refractivity contribution in [3.63, 3.8) is 0 Å². The molecule has 1 heterocycles. The summed E-state index contributed by atoms with van der Waals surface area (Å²) in [6.07, 6.45) is 6.74. The van der Waals surface area contributed by atoms with E-state index in [4.69, 9.17) is 0 Å². The van der Waals surface area contributed by atoms with Crippen molar-refractivity contribution < 1.29 is 0 Å². The summed E-state index contributed by atoms with van der Waals surface area (Å²) in [6, 6.07) is 3.12. The summed E-state index contributed by atoms with van der Waals surface area (Å²) in [5.74, 6) is 0.858. The molecule has 0 bridgehead atoms. The zero-order valence-corrected chi connectivity index (χ0v) is 10.4. The highest BCUT2D eigenvalue weighted by Gasteiger charge is 2.19. The summed E-state index contributed by atoms with van der Waals surface area (Å²) in [7, 11) is 0. The Bertz CT molecular complexity index is 264. The van der Waals surface area contributed by atoms with Crippen LogP contribution in [0, 0.1) is 5.92 Å². The predicted molar refractivity (Wildman–Crippen MR) is 67.4 cm³/mol. The van der Waals surface area contributed by atoms with Gasteiger partial charge in [0.05, 0.1) is 0 Å². The molecule has 1 nitrogen and oxygen atoms in total. The van der Waals surface area contributed by atoms with Gasteiger partial charge < -0.3 is 5.32 Å². The molecule has 15 heavy (non-hydrogen) atoms. The maximum atomic E-state index is 3.58. The van der Waals surface area contributed by atoms with Gasteiger partial charge in [-0.25, -0.2) is 0 Å². The summed E-state index contributed by atoms with van der Waals surface area (Å²) >= 11 is 1.81. The zero-order valence-electron chi connectivity index (χ0n) is 9.54. The molecule has 0 spiro atoms. The van der Waals surface area contributed by atoms with E-state index in [0.29, 0.717) is 0 Å². The Kier molecular flexibility index (Phi) is 4.21. The second kappa shape index (κ2) is 5.66. The molecule has 1 fully saturated rings. The van der Waals surface area contributed by atoms with Crippen molar-refractivity contribution in [1.29, 1.82) is 0 Å². The zero-order chi connectivity index (χ0) is 10.5. The Morgan fingerprint density at radius 3 is 3.00 bits per heavy atom. The molecular formula is C13H21NS. The normalized spacial score (nSPS) is 17.9. The standard InChI is InChI=1S/C13H21NS/c1-11(6-8-14-13-4-5-13)2-3-12-7-9-15-10-12/h7,9-11,13-14H,2-6,8H2,1H3. The predicted octanol–water partition coefficient (Wildman–Crippen LogP) is 3.46. The van der Waals surface area contributed by atoms with Crippen LogP contribution in [0.2, 0.25) is 0 Å². The van der Waals surface area contributed by atoms with E-state index >= 15 is 0 Å². The highest BCUT2D eigenvalue weighted by atomic mass is 32.1. The summed E-state index contributed by atoms with van der Waals surface area (Å²) < 4.78 is 0. The first-order valence-electron chi connectivity index (χ1n) is 6.09. The first-order chi connectivity index (χ1) is 7.34. The molecular weight excluding hydrogens is 202 g/mol. The quantitative estimate of drug-likeness (QED) is 0.746. The molecule has 1 unspecified atom stereocenters. The van der Waals surface area contributed by atoms with Crippen LogP contribution in [0.5, 0.6) is 0 Å². The number of rotatable bonds is 7. The van der Waals surface area contributed by atoms with Gasteiger partial charge in [-0.1, -0.05) is 6.92 Å². The molecule has 0 aromatic carbocycles. The maximum Gasteiger partial charge on any atom is 0.00682 e. The van der Waals surface area contributed by atoms with Gasteiger partial charge in [0.25, 0.3) is 0 Å². The second-order valence-electron chi connectivity index (χ2n) is 4.79. The molecule has 0 radical (unpaired) electrons. The lowest BCUT2D eigenvalue weighted by molar-refractivity contribution is 0.469. The van der Waals surface area contributed by atoms with Crippen molar-refractivity contribution in [2.75, 3.05) is 6.54 Å². The Balaban J connectivity index is 1.53. The summed E-state index contributed by atoms with van der Waals surface area (Å²) in [6.45, 7) is 3.59. The van der Waals surface area contributed by atoms with E-state index in [-0.39, 0.29) is 0 Å². The van der Waals surface area contributed by atoms with Crippen LogP contribution in [0.25, 0.3) is 0 Å². The molecule has 1 atom stereocenters. The number of hydrogen-bond donors (Lipinski definition) is 1. The van der Waals surface area contributed by atoms with Gasteiger partial charge >= 0.3 is 0 Å². The third-order valence-corrected chi connectivity index (χ3v) is 3.89. The van der Waals surface area contributed by atoms with Crippen molar-refractivity contribution in [1.82, 2.24) is 5.32 Å². The lowest BCUT2D eigenvalue weighted by Crippen LogP contribution is -2.19. The molecule has 0 amide bonds. The lowest BCUT2D eigenvalue weighted by Gasteiger charge is -2.10. The topological polar surface area (TPSA) is 12.0 Å². The third-order valence-electron chi connectivity index (χ3n) is 3.15. The molecule has 84 valence electrons. The fourth-order valence-corrected chi connectivity index (χ4v) is 2.52. The summed E-state index contributed by atoms with van der Waals surface area (Å²) in [5, 5.41) is 8.03. The van der Waals surface area contributed by atoms with Gasteiger partial charge in [-0.3, -0.25) is 0 Å². The van der Waals surface area contributed by atoms with Crippen LogP contribution in [0.4, 0.5) is 0 Å². The van der Waals surface area contributed by atoms with Gasteiger partial charge in [0.2, 0.25) is 0 Å². The molecule has 1 N–H and O–H groups in total. The molecule has 2 heteroatoms. The molecule has 1 saturated carbocycles. The summed E-state index contributed by atoms with van der Waals surface area (Å²) in [5.41, 5.74) is 1.52. The van der Waals surface area contributed by atoms with E-state index in [9.17, 15) is 0 Å². The SMILES string of the molecule is CC(CCNC1CC1)CCc1ccsc1. The van der Waals surface area contributed by atoms with Crippen LogP contribution < -0.4 is 5.32 Å². The van der Waals surface area contributed by atoms with Gasteiger partial charge in [-0.2, -0.15) is 11.3 Å². The largest absolute Gasteiger partial charge is 0.314 e. The molecule has 1 aliphatic rings. The molecule has 1 aromatic heterocycles. The highest BCUT2D eigenvalue weighted by Crippen LogP contribution is 2.19. The average molecular weight is 223 g/mol. The van der Waals surface area contributed by atoms with Crippen LogP contribution in [-0.2, 0) is 6.42 Å². The molecule has 0 aliphatic heterocycles. The number of aryl methyl sites for hydroxylation is 1. The van der Waals surface area contributed by atoms with E-state index in [1.165, 1.54) is 44.2 Å². The van der Waals surface area contributed by atoms with E-state index in [2.05, 4.69) is 29.1 Å². The molecule has 0 saturated heterocycles. The average Bonchev–Trinajstić information content (AvgIpc) is 2.91. The van der Waals surface area contributed by atoms with Crippen LogP contribution in [0.1, 0.15) is 38.2 Å². The highest BCUT2D eigenvalue weighted by molar-refractivity contribution is 7.07. The molecule has 1 aliphatic carbocycles. The molecule has 2 rings (SSSR count). The van der Waals surface area contributed by atoms with Crippen molar-refractivity contribution in [2.24, 2.45) is 5.92 Å². The Morgan fingerprint density at radius 1 is 1.47 bits per heavy atom. The van der Waals surface area contributed by atoms with Crippen molar-refractivity contribution in [3.05, 3.63) is 22.4 Å². The van der Waals surface area contributed by atoms with Crippen LogP contribution in [0.3, 0.4) is 0 Å². The van der Waals surface area contributed by atoms with Crippen LogP contribution in [-0.4, -0.2) is 12.6 Å². The van der Waals surface area contributed by atoms with Gasteiger partial charge in [0, 0.05) is 6.04 Å². The Hall–Kier alpha value is -0.340. The van der Waals surface area contributed by atoms with E-state index in [1.807, 2.05) is 11.3 Å². The van der Waals surface area contributed by atoms with Crippen molar-refractivity contribution in [2.45, 2.75) is 45.1 Å². The number of hydrogen-bond acceptors (Lipinski definition) is 2. The summed E-state index contributed by atoms with van der Waals surface area (Å²) in [4.78, 5) is 0. The minimum absolute atomic E-state index is 0.858. The Labute approximate surface area is 96.9 Å². The minimum atomic E-state index is 0.858. The van der Waals surface area contributed by atoms with Crippen LogP contribution >= 0.6 is 11.3 Å². The first-order valence-corrected chi connectivity index (χ1v) is 7.03. The maximum absolute atomic E-state index is 3.58. The van der Waals surface area contributed by atoms with Gasteiger partial charge in [0.15, 0.2) is 0 Å². The van der Waals surface area contributed by atoms with Gasteiger partial charge in [-0.15, -0.1) is 0 Å². The van der Waals surface area contributed by atoms with E-state index in [1.54, 1.807) is 0 Å². The monoisotopic (exact) mass is 223 g/mol. The van der Waals surface area contributed by atoms with E-state index < -0.39 is 0 Å². The second-order valence-corrected chi connectivity index (χ2v) is 5.57. The fraction of sp³-hybridized carbons (Fsp3) is 0.692. The fourth-order valence-electron chi connectivity index (χ4n) is 1.81. The molecule has 1 aromatic rings. The van der Waals surface area contributed by atoms with Crippen molar-refractivity contribution in [3.8, 4) is 0 Å². The minimum Gasteiger partial charge on any atom is -0.314 e. The number of nitrogens with one attached hydrogen (secondary N) is 1.